The fraction of sp³-hybridized carbons (Fsp3) is 0.333. The van der Waals surface area contributed by atoms with Gasteiger partial charge in [-0.3, -0.25) is 4.40 Å². The first kappa shape index (κ1) is 16.6. The molecule has 5 heteroatoms. The molecule has 2 aromatic heterocycles. The molecule has 0 atom stereocenters. The van der Waals surface area contributed by atoms with Gasteiger partial charge in [0.25, 0.3) is 0 Å². The summed E-state index contributed by atoms with van der Waals surface area (Å²) in [6.45, 7) is 4.55. The van der Waals surface area contributed by atoms with Crippen molar-refractivity contribution in [3.05, 3.63) is 65.6 Å². The quantitative estimate of drug-likeness (QED) is 0.632. The van der Waals surface area contributed by atoms with Crippen molar-refractivity contribution >= 4 is 11.6 Å². The third-order valence-corrected chi connectivity index (χ3v) is 5.00. The maximum Gasteiger partial charge on any atom is 0.357 e. The molecule has 0 aliphatic heterocycles. The molecular weight excluding hydrogens is 328 g/mol. The average Bonchev–Trinajstić information content (AvgIpc) is 3.36. The zero-order valence-electron chi connectivity index (χ0n) is 15.1. The predicted molar refractivity (Wildman–Crippen MR) is 98.7 cm³/mol. The second kappa shape index (κ2) is 6.48. The summed E-state index contributed by atoms with van der Waals surface area (Å²) in [5.41, 5.74) is 3.16. The Labute approximate surface area is 152 Å². The van der Waals surface area contributed by atoms with Crippen LogP contribution < -0.4 is 4.74 Å². The van der Waals surface area contributed by atoms with Gasteiger partial charge in [-0.25, -0.2) is 9.78 Å². The normalized spacial score (nSPS) is 15.0. The number of pyridine rings is 1. The first-order valence-corrected chi connectivity index (χ1v) is 8.98. The lowest BCUT2D eigenvalue weighted by molar-refractivity contribution is 0.0517. The van der Waals surface area contributed by atoms with Crippen LogP contribution >= 0.6 is 0 Å². The minimum absolute atomic E-state index is 0.0969. The summed E-state index contributed by atoms with van der Waals surface area (Å²) in [6, 6.07) is 14.3. The molecule has 1 aliphatic rings. The van der Waals surface area contributed by atoms with Crippen LogP contribution in [-0.4, -0.2) is 28.6 Å². The molecule has 0 bridgehead atoms. The minimum atomic E-state index is -0.363. The third-order valence-electron chi connectivity index (χ3n) is 5.00. The van der Waals surface area contributed by atoms with E-state index in [0.29, 0.717) is 36.0 Å². The van der Waals surface area contributed by atoms with Gasteiger partial charge in [0, 0.05) is 11.6 Å². The lowest BCUT2D eigenvalue weighted by Crippen LogP contribution is -2.18. The van der Waals surface area contributed by atoms with Crippen LogP contribution in [-0.2, 0) is 10.2 Å². The maximum atomic E-state index is 12.2. The largest absolute Gasteiger partial charge is 0.489 e. The number of esters is 1. The molecule has 0 unspecified atom stereocenters. The van der Waals surface area contributed by atoms with Crippen molar-refractivity contribution in [2.75, 3.05) is 13.2 Å². The zero-order chi connectivity index (χ0) is 18.1. The predicted octanol–water partition coefficient (Wildman–Crippen LogP) is 3.93. The van der Waals surface area contributed by atoms with Crippen molar-refractivity contribution in [1.82, 2.24) is 9.38 Å². The molecule has 26 heavy (non-hydrogen) atoms. The molecule has 2 heterocycles. The monoisotopic (exact) mass is 350 g/mol. The van der Waals surface area contributed by atoms with Gasteiger partial charge in [0.2, 0.25) is 0 Å². The number of hydrogen-bond acceptors (Lipinski definition) is 4. The highest BCUT2D eigenvalue weighted by Crippen LogP contribution is 2.48. The number of carbonyl (C=O) groups excluding carboxylic acids is 1. The summed E-state index contributed by atoms with van der Waals surface area (Å²) in [4.78, 5) is 16.8. The third kappa shape index (κ3) is 2.83. The Hall–Kier alpha value is -2.82. The van der Waals surface area contributed by atoms with Gasteiger partial charge in [-0.1, -0.05) is 30.3 Å². The van der Waals surface area contributed by atoms with Crippen LogP contribution in [0.3, 0.4) is 0 Å². The highest BCUT2D eigenvalue weighted by molar-refractivity contribution is 5.90. The van der Waals surface area contributed by atoms with Crippen molar-refractivity contribution < 1.29 is 14.3 Å². The van der Waals surface area contributed by atoms with E-state index in [1.165, 1.54) is 5.56 Å². The van der Waals surface area contributed by atoms with Crippen molar-refractivity contribution in [2.24, 2.45) is 0 Å². The summed E-state index contributed by atoms with van der Waals surface area (Å²) in [7, 11) is 0. The van der Waals surface area contributed by atoms with E-state index in [4.69, 9.17) is 9.47 Å². The number of aryl methyl sites for hydroxylation is 1. The Morgan fingerprint density at radius 1 is 1.19 bits per heavy atom. The molecule has 0 amide bonds. The number of ether oxygens (including phenoxy) is 2. The van der Waals surface area contributed by atoms with Gasteiger partial charge in [-0.2, -0.15) is 0 Å². The van der Waals surface area contributed by atoms with Crippen LogP contribution in [0.4, 0.5) is 0 Å². The zero-order valence-corrected chi connectivity index (χ0v) is 15.1. The molecule has 1 saturated carbocycles. The van der Waals surface area contributed by atoms with E-state index in [2.05, 4.69) is 29.2 Å². The number of imidazole rings is 1. The Balaban J connectivity index is 1.62. The van der Waals surface area contributed by atoms with E-state index in [0.717, 1.165) is 12.8 Å². The Morgan fingerprint density at radius 2 is 1.96 bits per heavy atom. The standard InChI is InChI=1S/C21H22N2O3/c1-3-25-20(24)18-15(2)22-19-17(10-7-13-23(18)19)26-14-21(11-12-21)16-8-5-4-6-9-16/h4-10,13H,3,11-12,14H2,1-2H3. The van der Waals surface area contributed by atoms with E-state index < -0.39 is 0 Å². The smallest absolute Gasteiger partial charge is 0.357 e. The van der Waals surface area contributed by atoms with Crippen molar-refractivity contribution in [3.63, 3.8) is 0 Å². The maximum absolute atomic E-state index is 12.2. The number of aromatic nitrogens is 2. The van der Waals surface area contributed by atoms with Crippen LogP contribution in [0.2, 0.25) is 0 Å². The van der Waals surface area contributed by atoms with E-state index in [9.17, 15) is 4.79 Å². The van der Waals surface area contributed by atoms with Gasteiger partial charge in [-0.15, -0.1) is 0 Å². The minimum Gasteiger partial charge on any atom is -0.489 e. The van der Waals surface area contributed by atoms with Crippen molar-refractivity contribution in [3.8, 4) is 5.75 Å². The van der Waals surface area contributed by atoms with E-state index in [-0.39, 0.29) is 11.4 Å². The summed E-state index contributed by atoms with van der Waals surface area (Å²) in [6.07, 6.45) is 4.07. The lowest BCUT2D eigenvalue weighted by Gasteiger charge is -2.17. The number of benzene rings is 1. The van der Waals surface area contributed by atoms with Gasteiger partial charge >= 0.3 is 5.97 Å². The summed E-state index contributed by atoms with van der Waals surface area (Å²) >= 11 is 0. The molecule has 134 valence electrons. The first-order valence-electron chi connectivity index (χ1n) is 8.98. The van der Waals surface area contributed by atoms with Gasteiger partial charge in [0.05, 0.1) is 18.9 Å². The molecule has 4 rings (SSSR count). The van der Waals surface area contributed by atoms with Crippen LogP contribution in [0.1, 0.15) is 41.5 Å². The molecule has 5 nitrogen and oxygen atoms in total. The molecule has 3 aromatic rings. The number of rotatable bonds is 6. The SMILES string of the molecule is CCOC(=O)c1c(C)nc2c(OCC3(c4ccccc4)CC3)cccn12. The summed E-state index contributed by atoms with van der Waals surface area (Å²) in [5, 5.41) is 0. The van der Waals surface area contributed by atoms with Gasteiger partial charge < -0.3 is 9.47 Å². The van der Waals surface area contributed by atoms with E-state index >= 15 is 0 Å². The first-order chi connectivity index (χ1) is 12.6. The Bertz CT molecular complexity index is 943. The van der Waals surface area contributed by atoms with Gasteiger partial charge in [0.15, 0.2) is 17.1 Å². The van der Waals surface area contributed by atoms with Crippen molar-refractivity contribution in [2.45, 2.75) is 32.1 Å². The van der Waals surface area contributed by atoms with E-state index in [1.54, 1.807) is 11.3 Å². The number of fused-ring (bicyclic) bond motifs is 1. The molecule has 1 fully saturated rings. The second-order valence-corrected chi connectivity index (χ2v) is 6.77. The number of carbonyl (C=O) groups is 1. The number of hydrogen-bond donors (Lipinski definition) is 0. The highest BCUT2D eigenvalue weighted by atomic mass is 16.5. The van der Waals surface area contributed by atoms with Gasteiger partial charge in [-0.05, 0) is 44.4 Å². The fourth-order valence-electron chi connectivity index (χ4n) is 3.39. The Morgan fingerprint density at radius 3 is 2.65 bits per heavy atom. The molecule has 0 saturated heterocycles. The van der Waals surface area contributed by atoms with Crippen LogP contribution in [0.25, 0.3) is 5.65 Å². The molecule has 0 N–H and O–H groups in total. The molecule has 0 radical (unpaired) electrons. The summed E-state index contributed by atoms with van der Waals surface area (Å²) < 4.78 is 13.1. The topological polar surface area (TPSA) is 52.8 Å². The number of nitrogens with zero attached hydrogens (tertiary/aromatic N) is 2. The highest BCUT2D eigenvalue weighted by Gasteiger charge is 2.45. The molecular formula is C21H22N2O3. The molecule has 1 aliphatic carbocycles. The molecule has 0 spiro atoms. The Kier molecular flexibility index (Phi) is 4.15. The molecule has 1 aromatic carbocycles. The fourth-order valence-corrected chi connectivity index (χ4v) is 3.39. The summed E-state index contributed by atoms with van der Waals surface area (Å²) in [5.74, 6) is 0.325. The lowest BCUT2D eigenvalue weighted by atomic mass is 9.97. The van der Waals surface area contributed by atoms with Crippen LogP contribution in [0.5, 0.6) is 5.75 Å². The van der Waals surface area contributed by atoms with Crippen LogP contribution in [0.15, 0.2) is 48.7 Å². The van der Waals surface area contributed by atoms with E-state index in [1.807, 2.05) is 31.3 Å². The second-order valence-electron chi connectivity index (χ2n) is 6.77. The average molecular weight is 350 g/mol. The van der Waals surface area contributed by atoms with Crippen LogP contribution in [0, 0.1) is 6.92 Å². The van der Waals surface area contributed by atoms with Gasteiger partial charge in [0.1, 0.15) is 0 Å². The van der Waals surface area contributed by atoms with Crippen molar-refractivity contribution in [1.29, 1.82) is 0 Å².